The summed E-state index contributed by atoms with van der Waals surface area (Å²) in [7, 11) is 1.71. The molecular formula is C15H25NOS. The van der Waals surface area contributed by atoms with Gasteiger partial charge in [0.2, 0.25) is 0 Å². The molecular weight excluding hydrogens is 242 g/mol. The van der Waals surface area contributed by atoms with E-state index in [-0.39, 0.29) is 5.54 Å². The Labute approximate surface area is 116 Å². The van der Waals surface area contributed by atoms with Crippen molar-refractivity contribution < 1.29 is 4.74 Å². The van der Waals surface area contributed by atoms with Crippen LogP contribution in [0.5, 0.6) is 5.75 Å². The van der Waals surface area contributed by atoms with E-state index < -0.39 is 0 Å². The highest BCUT2D eigenvalue weighted by Gasteiger charge is 2.11. The average molecular weight is 267 g/mol. The molecule has 0 heterocycles. The minimum Gasteiger partial charge on any atom is -0.497 e. The molecule has 1 atom stereocenters. The summed E-state index contributed by atoms with van der Waals surface area (Å²) in [5, 5.41) is 3.54. The van der Waals surface area contributed by atoms with E-state index in [1.54, 1.807) is 7.11 Å². The Morgan fingerprint density at radius 1 is 1.33 bits per heavy atom. The van der Waals surface area contributed by atoms with Gasteiger partial charge < -0.3 is 10.1 Å². The van der Waals surface area contributed by atoms with Crippen LogP contribution in [0.2, 0.25) is 0 Å². The second-order valence-electron chi connectivity index (χ2n) is 5.73. The molecule has 0 aliphatic carbocycles. The second kappa shape index (κ2) is 7.05. The maximum absolute atomic E-state index is 5.23. The van der Waals surface area contributed by atoms with E-state index >= 15 is 0 Å². The van der Waals surface area contributed by atoms with E-state index in [2.05, 4.69) is 45.1 Å². The molecule has 0 saturated heterocycles. The molecule has 3 heteroatoms. The topological polar surface area (TPSA) is 21.3 Å². The summed E-state index contributed by atoms with van der Waals surface area (Å²) in [4.78, 5) is 1.27. The first-order valence-electron chi connectivity index (χ1n) is 6.42. The maximum Gasteiger partial charge on any atom is 0.119 e. The molecule has 1 aromatic carbocycles. The van der Waals surface area contributed by atoms with Crippen molar-refractivity contribution in [3.05, 3.63) is 24.3 Å². The molecule has 0 spiro atoms. The van der Waals surface area contributed by atoms with Gasteiger partial charge in [0.25, 0.3) is 0 Å². The largest absolute Gasteiger partial charge is 0.497 e. The highest BCUT2D eigenvalue weighted by Crippen LogP contribution is 2.24. The molecule has 1 rings (SSSR count). The van der Waals surface area contributed by atoms with Gasteiger partial charge in [0.05, 0.1) is 7.11 Å². The van der Waals surface area contributed by atoms with Gasteiger partial charge in [-0.25, -0.2) is 0 Å². The number of methoxy groups -OCH3 is 1. The quantitative estimate of drug-likeness (QED) is 0.792. The summed E-state index contributed by atoms with van der Waals surface area (Å²) in [6, 6.07) is 8.25. The molecule has 0 fully saturated rings. The van der Waals surface area contributed by atoms with Crippen LogP contribution in [0.4, 0.5) is 0 Å². The van der Waals surface area contributed by atoms with Crippen LogP contribution < -0.4 is 10.1 Å². The lowest BCUT2D eigenvalue weighted by Gasteiger charge is -2.23. The van der Waals surface area contributed by atoms with Crippen LogP contribution >= 0.6 is 11.8 Å². The predicted molar refractivity (Wildman–Crippen MR) is 80.6 cm³/mol. The fourth-order valence-electron chi connectivity index (χ4n) is 1.47. The first-order chi connectivity index (χ1) is 8.40. The van der Waals surface area contributed by atoms with Crippen LogP contribution in [0.25, 0.3) is 0 Å². The summed E-state index contributed by atoms with van der Waals surface area (Å²) < 4.78 is 5.23. The monoisotopic (exact) mass is 267 g/mol. The van der Waals surface area contributed by atoms with E-state index in [9.17, 15) is 0 Å². The number of benzene rings is 1. The molecule has 18 heavy (non-hydrogen) atoms. The van der Waals surface area contributed by atoms with E-state index in [0.29, 0.717) is 5.92 Å². The van der Waals surface area contributed by atoms with Gasteiger partial charge in [0, 0.05) is 16.2 Å². The lowest BCUT2D eigenvalue weighted by Crippen LogP contribution is -2.39. The van der Waals surface area contributed by atoms with Crippen molar-refractivity contribution >= 4 is 11.8 Å². The molecule has 1 aromatic rings. The summed E-state index contributed by atoms with van der Waals surface area (Å²) in [6.45, 7) is 9.95. The maximum atomic E-state index is 5.23. The Morgan fingerprint density at radius 3 is 2.67 bits per heavy atom. The molecule has 2 nitrogen and oxygen atoms in total. The Kier molecular flexibility index (Phi) is 6.03. The first-order valence-corrected chi connectivity index (χ1v) is 7.41. The van der Waals surface area contributed by atoms with Gasteiger partial charge in [0.1, 0.15) is 5.75 Å². The normalized spacial score (nSPS) is 13.4. The zero-order valence-corrected chi connectivity index (χ0v) is 12.9. The summed E-state index contributed by atoms with van der Waals surface area (Å²) in [6.07, 6.45) is 0. The Balaban J connectivity index is 2.35. The molecule has 0 aromatic heterocycles. The summed E-state index contributed by atoms with van der Waals surface area (Å²) in [5.41, 5.74) is 0.203. The smallest absolute Gasteiger partial charge is 0.119 e. The molecule has 0 radical (unpaired) electrons. The van der Waals surface area contributed by atoms with Gasteiger partial charge in [-0.05, 0) is 51.4 Å². The molecule has 0 aliphatic heterocycles. The van der Waals surface area contributed by atoms with Crippen LogP contribution in [0.3, 0.4) is 0 Å². The molecule has 1 unspecified atom stereocenters. The van der Waals surface area contributed by atoms with Crippen molar-refractivity contribution in [2.24, 2.45) is 5.92 Å². The fraction of sp³-hybridized carbons (Fsp3) is 0.600. The van der Waals surface area contributed by atoms with Gasteiger partial charge in [-0.15, -0.1) is 11.8 Å². The number of nitrogens with one attached hydrogen (secondary N) is 1. The molecule has 0 saturated carbocycles. The van der Waals surface area contributed by atoms with Crippen molar-refractivity contribution in [2.45, 2.75) is 38.1 Å². The van der Waals surface area contributed by atoms with Crippen LogP contribution in [0.15, 0.2) is 29.2 Å². The van der Waals surface area contributed by atoms with Crippen molar-refractivity contribution in [3.8, 4) is 5.75 Å². The minimum atomic E-state index is 0.203. The Morgan fingerprint density at radius 2 is 2.06 bits per heavy atom. The first kappa shape index (κ1) is 15.4. The molecule has 1 N–H and O–H groups in total. The van der Waals surface area contributed by atoms with Crippen molar-refractivity contribution in [2.75, 3.05) is 19.4 Å². The standard InChI is InChI=1S/C15H25NOS/c1-12(10-16-15(2,3)4)11-18-14-8-6-7-13(9-14)17-5/h6-9,12,16H,10-11H2,1-5H3. The predicted octanol–water partition coefficient (Wildman–Crippen LogP) is 3.81. The van der Waals surface area contributed by atoms with E-state index in [4.69, 9.17) is 4.74 Å². The van der Waals surface area contributed by atoms with Crippen molar-refractivity contribution in [3.63, 3.8) is 0 Å². The van der Waals surface area contributed by atoms with Gasteiger partial charge >= 0.3 is 0 Å². The second-order valence-corrected chi connectivity index (χ2v) is 6.82. The van der Waals surface area contributed by atoms with Crippen molar-refractivity contribution in [1.82, 2.24) is 5.32 Å². The Bertz CT molecular complexity index is 360. The van der Waals surface area contributed by atoms with Crippen molar-refractivity contribution in [1.29, 1.82) is 0 Å². The van der Waals surface area contributed by atoms with Crippen LogP contribution in [-0.4, -0.2) is 24.9 Å². The lowest BCUT2D eigenvalue weighted by molar-refractivity contribution is 0.395. The highest BCUT2D eigenvalue weighted by molar-refractivity contribution is 7.99. The van der Waals surface area contributed by atoms with Gasteiger partial charge in [-0.3, -0.25) is 0 Å². The van der Waals surface area contributed by atoms with E-state index in [1.807, 2.05) is 23.9 Å². The summed E-state index contributed by atoms with van der Waals surface area (Å²) in [5.74, 6) is 2.71. The number of hydrogen-bond acceptors (Lipinski definition) is 3. The summed E-state index contributed by atoms with van der Waals surface area (Å²) >= 11 is 1.89. The average Bonchev–Trinajstić information content (AvgIpc) is 2.33. The minimum absolute atomic E-state index is 0.203. The van der Waals surface area contributed by atoms with E-state index in [1.165, 1.54) is 4.90 Å². The zero-order chi connectivity index (χ0) is 13.6. The van der Waals surface area contributed by atoms with Crippen LogP contribution in [-0.2, 0) is 0 Å². The number of thioether (sulfide) groups is 1. The molecule has 102 valence electrons. The SMILES string of the molecule is COc1cccc(SCC(C)CNC(C)(C)C)c1. The molecule has 0 aliphatic rings. The third-order valence-electron chi connectivity index (χ3n) is 2.56. The van der Waals surface area contributed by atoms with Crippen LogP contribution in [0.1, 0.15) is 27.7 Å². The third kappa shape index (κ3) is 6.31. The van der Waals surface area contributed by atoms with E-state index in [0.717, 1.165) is 18.0 Å². The zero-order valence-electron chi connectivity index (χ0n) is 12.1. The number of rotatable bonds is 6. The highest BCUT2D eigenvalue weighted by atomic mass is 32.2. The van der Waals surface area contributed by atoms with Gasteiger partial charge in [-0.1, -0.05) is 13.0 Å². The van der Waals surface area contributed by atoms with Gasteiger partial charge in [-0.2, -0.15) is 0 Å². The third-order valence-corrected chi connectivity index (χ3v) is 3.88. The van der Waals surface area contributed by atoms with Crippen LogP contribution in [0, 0.1) is 5.92 Å². The Hall–Kier alpha value is -0.670. The molecule has 0 bridgehead atoms. The number of ether oxygens (including phenoxy) is 1. The van der Waals surface area contributed by atoms with Gasteiger partial charge in [0.15, 0.2) is 0 Å². The fourth-order valence-corrected chi connectivity index (χ4v) is 2.44. The lowest BCUT2D eigenvalue weighted by atomic mass is 10.1. The number of hydrogen-bond donors (Lipinski definition) is 1. The molecule has 0 amide bonds.